The number of benzene rings is 1. The molecule has 1 saturated heterocycles. The van der Waals surface area contributed by atoms with E-state index in [2.05, 4.69) is 10.6 Å². The van der Waals surface area contributed by atoms with Crippen molar-refractivity contribution >= 4 is 11.6 Å². The standard InChI is InChI=1S/C17H25N3O3/c1-2-16(14-4-3-5-15(12-14)20(22)23)19-17(21)7-6-13-8-10-18-11-9-13/h3-5,12-13,16,18H,2,6-11H2,1H3,(H,19,21). The molecule has 0 radical (unpaired) electrons. The normalized spacial score (nSPS) is 16.7. The number of nitrogens with one attached hydrogen (secondary N) is 2. The Hall–Kier alpha value is -1.95. The molecule has 6 nitrogen and oxygen atoms in total. The summed E-state index contributed by atoms with van der Waals surface area (Å²) in [5, 5.41) is 17.2. The molecular formula is C17H25N3O3. The van der Waals surface area contributed by atoms with Crippen molar-refractivity contribution in [2.45, 2.75) is 45.1 Å². The van der Waals surface area contributed by atoms with Crippen LogP contribution in [0.5, 0.6) is 0 Å². The van der Waals surface area contributed by atoms with E-state index < -0.39 is 4.92 Å². The first-order valence-electron chi connectivity index (χ1n) is 8.34. The first kappa shape index (κ1) is 17.4. The molecule has 126 valence electrons. The second-order valence-electron chi connectivity index (χ2n) is 6.11. The summed E-state index contributed by atoms with van der Waals surface area (Å²) >= 11 is 0. The first-order valence-corrected chi connectivity index (χ1v) is 8.34. The lowest BCUT2D eigenvalue weighted by Gasteiger charge is -2.23. The number of rotatable bonds is 7. The Morgan fingerprint density at radius 1 is 1.43 bits per heavy atom. The largest absolute Gasteiger partial charge is 0.349 e. The first-order chi connectivity index (χ1) is 11.1. The molecule has 1 aromatic carbocycles. The Morgan fingerprint density at radius 2 is 2.17 bits per heavy atom. The van der Waals surface area contributed by atoms with E-state index in [4.69, 9.17) is 0 Å². The minimum atomic E-state index is -0.408. The number of non-ortho nitro benzene ring substituents is 1. The number of carbonyl (C=O) groups is 1. The summed E-state index contributed by atoms with van der Waals surface area (Å²) in [6, 6.07) is 6.33. The van der Waals surface area contributed by atoms with E-state index in [1.165, 1.54) is 6.07 Å². The molecule has 1 amide bonds. The lowest BCUT2D eigenvalue weighted by atomic mass is 9.93. The molecule has 1 aliphatic heterocycles. The number of carbonyl (C=O) groups excluding carboxylic acids is 1. The maximum Gasteiger partial charge on any atom is 0.269 e. The Morgan fingerprint density at radius 3 is 2.83 bits per heavy atom. The van der Waals surface area contributed by atoms with E-state index in [-0.39, 0.29) is 17.6 Å². The zero-order chi connectivity index (χ0) is 16.7. The second kappa shape index (κ2) is 8.62. The van der Waals surface area contributed by atoms with Gasteiger partial charge in [-0.05, 0) is 50.3 Å². The summed E-state index contributed by atoms with van der Waals surface area (Å²) in [6.07, 6.45) is 4.42. The summed E-state index contributed by atoms with van der Waals surface area (Å²) in [6.45, 7) is 4.05. The van der Waals surface area contributed by atoms with Gasteiger partial charge in [-0.2, -0.15) is 0 Å². The van der Waals surface area contributed by atoms with E-state index in [1.54, 1.807) is 12.1 Å². The van der Waals surface area contributed by atoms with Crippen LogP contribution in [-0.2, 0) is 4.79 Å². The highest BCUT2D eigenvalue weighted by molar-refractivity contribution is 5.76. The topological polar surface area (TPSA) is 84.3 Å². The molecule has 1 heterocycles. The highest BCUT2D eigenvalue weighted by atomic mass is 16.6. The van der Waals surface area contributed by atoms with Crippen LogP contribution >= 0.6 is 0 Å². The van der Waals surface area contributed by atoms with Gasteiger partial charge in [0.25, 0.3) is 5.69 Å². The zero-order valence-corrected chi connectivity index (χ0v) is 13.6. The molecule has 0 aromatic heterocycles. The van der Waals surface area contributed by atoms with Crippen molar-refractivity contribution in [2.24, 2.45) is 5.92 Å². The van der Waals surface area contributed by atoms with Gasteiger partial charge in [0.05, 0.1) is 11.0 Å². The molecule has 0 saturated carbocycles. The lowest BCUT2D eigenvalue weighted by Crippen LogP contribution is -2.31. The monoisotopic (exact) mass is 319 g/mol. The van der Waals surface area contributed by atoms with Crippen LogP contribution in [0.2, 0.25) is 0 Å². The van der Waals surface area contributed by atoms with Crippen LogP contribution in [-0.4, -0.2) is 23.9 Å². The van der Waals surface area contributed by atoms with Crippen LogP contribution in [0.4, 0.5) is 5.69 Å². The highest BCUT2D eigenvalue weighted by Gasteiger charge is 2.18. The smallest absolute Gasteiger partial charge is 0.269 e. The highest BCUT2D eigenvalue weighted by Crippen LogP contribution is 2.22. The third-order valence-corrected chi connectivity index (χ3v) is 4.47. The second-order valence-corrected chi connectivity index (χ2v) is 6.11. The van der Waals surface area contributed by atoms with E-state index >= 15 is 0 Å². The van der Waals surface area contributed by atoms with E-state index in [0.717, 1.165) is 37.9 Å². The van der Waals surface area contributed by atoms with Crippen LogP contribution in [0.15, 0.2) is 24.3 Å². The summed E-state index contributed by atoms with van der Waals surface area (Å²) in [7, 11) is 0. The summed E-state index contributed by atoms with van der Waals surface area (Å²) in [5.41, 5.74) is 0.849. The lowest BCUT2D eigenvalue weighted by molar-refractivity contribution is -0.384. The van der Waals surface area contributed by atoms with E-state index in [9.17, 15) is 14.9 Å². The van der Waals surface area contributed by atoms with Crippen molar-refractivity contribution in [2.75, 3.05) is 13.1 Å². The van der Waals surface area contributed by atoms with Gasteiger partial charge >= 0.3 is 0 Å². The van der Waals surface area contributed by atoms with Crippen molar-refractivity contribution in [1.82, 2.24) is 10.6 Å². The predicted octanol–water partition coefficient (Wildman–Crippen LogP) is 2.94. The van der Waals surface area contributed by atoms with E-state index in [0.29, 0.717) is 18.8 Å². The number of nitro groups is 1. The maximum atomic E-state index is 12.2. The van der Waals surface area contributed by atoms with Gasteiger partial charge in [0.2, 0.25) is 5.91 Å². The number of hydrogen-bond donors (Lipinski definition) is 2. The summed E-state index contributed by atoms with van der Waals surface area (Å²) in [5.74, 6) is 0.654. The molecule has 2 rings (SSSR count). The van der Waals surface area contributed by atoms with Gasteiger partial charge < -0.3 is 10.6 Å². The number of piperidine rings is 1. The minimum absolute atomic E-state index is 0.0295. The molecule has 23 heavy (non-hydrogen) atoms. The Kier molecular flexibility index (Phi) is 6.52. The Balaban J connectivity index is 1.89. The number of hydrogen-bond acceptors (Lipinski definition) is 4. The fourth-order valence-electron chi connectivity index (χ4n) is 3.05. The van der Waals surface area contributed by atoms with Gasteiger partial charge in [-0.1, -0.05) is 19.1 Å². The maximum absolute atomic E-state index is 12.2. The van der Waals surface area contributed by atoms with Gasteiger partial charge in [0.1, 0.15) is 0 Å². The van der Waals surface area contributed by atoms with Gasteiger partial charge in [-0.15, -0.1) is 0 Å². The van der Waals surface area contributed by atoms with Crippen LogP contribution in [0.3, 0.4) is 0 Å². The molecule has 1 unspecified atom stereocenters. The molecule has 0 aliphatic carbocycles. The molecular weight excluding hydrogens is 294 g/mol. The quantitative estimate of drug-likeness (QED) is 0.598. The number of nitrogens with zero attached hydrogens (tertiary/aromatic N) is 1. The minimum Gasteiger partial charge on any atom is -0.349 e. The third-order valence-electron chi connectivity index (χ3n) is 4.47. The van der Waals surface area contributed by atoms with Crippen molar-refractivity contribution in [3.8, 4) is 0 Å². The molecule has 1 aromatic rings. The molecule has 2 N–H and O–H groups in total. The van der Waals surface area contributed by atoms with E-state index in [1.807, 2.05) is 13.0 Å². The van der Waals surface area contributed by atoms with Gasteiger partial charge in [0.15, 0.2) is 0 Å². The third kappa shape index (κ3) is 5.32. The summed E-state index contributed by atoms with van der Waals surface area (Å²) < 4.78 is 0. The van der Waals surface area contributed by atoms with Crippen molar-refractivity contribution < 1.29 is 9.72 Å². The average Bonchev–Trinajstić information content (AvgIpc) is 2.59. The zero-order valence-electron chi connectivity index (χ0n) is 13.6. The Bertz CT molecular complexity index is 542. The predicted molar refractivity (Wildman–Crippen MR) is 89.1 cm³/mol. The fourth-order valence-corrected chi connectivity index (χ4v) is 3.05. The van der Waals surface area contributed by atoms with Gasteiger partial charge in [0, 0.05) is 18.6 Å². The van der Waals surface area contributed by atoms with Crippen molar-refractivity contribution in [1.29, 1.82) is 0 Å². The molecule has 0 spiro atoms. The molecule has 1 fully saturated rings. The number of amides is 1. The van der Waals surface area contributed by atoms with Crippen LogP contribution in [0, 0.1) is 16.0 Å². The Labute approximate surface area is 136 Å². The van der Waals surface area contributed by atoms with Crippen molar-refractivity contribution in [3.05, 3.63) is 39.9 Å². The molecule has 1 atom stereocenters. The molecule has 6 heteroatoms. The average molecular weight is 319 g/mol. The fraction of sp³-hybridized carbons (Fsp3) is 0.588. The molecule has 1 aliphatic rings. The summed E-state index contributed by atoms with van der Waals surface area (Å²) in [4.78, 5) is 22.7. The van der Waals surface area contributed by atoms with Gasteiger partial charge in [-0.3, -0.25) is 14.9 Å². The van der Waals surface area contributed by atoms with Crippen molar-refractivity contribution in [3.63, 3.8) is 0 Å². The SMILES string of the molecule is CCC(NC(=O)CCC1CCNCC1)c1cccc([N+](=O)[O-])c1. The van der Waals surface area contributed by atoms with Gasteiger partial charge in [-0.25, -0.2) is 0 Å². The number of nitro benzene ring substituents is 1. The van der Waals surface area contributed by atoms with Crippen LogP contribution < -0.4 is 10.6 Å². The molecule has 0 bridgehead atoms. The van der Waals surface area contributed by atoms with Crippen LogP contribution in [0.25, 0.3) is 0 Å². The van der Waals surface area contributed by atoms with Crippen LogP contribution in [0.1, 0.15) is 50.6 Å².